The first-order valence-electron chi connectivity index (χ1n) is 13.5. The lowest BCUT2D eigenvalue weighted by Gasteiger charge is -2.20. The Hall–Kier alpha value is -3.65. The number of halogens is 1. The van der Waals surface area contributed by atoms with Crippen molar-refractivity contribution in [1.29, 1.82) is 0 Å². The molecule has 0 radical (unpaired) electrons. The van der Waals surface area contributed by atoms with Crippen molar-refractivity contribution in [2.75, 3.05) is 13.2 Å². The highest BCUT2D eigenvalue weighted by molar-refractivity contribution is 7.90. The molecule has 1 aliphatic rings. The van der Waals surface area contributed by atoms with Gasteiger partial charge in [0.1, 0.15) is 22.8 Å². The third-order valence-corrected chi connectivity index (χ3v) is 10.2. The molecular formula is C29H32ClN3O8S2. The predicted molar refractivity (Wildman–Crippen MR) is 161 cm³/mol. The van der Waals surface area contributed by atoms with Crippen molar-refractivity contribution < 1.29 is 36.3 Å². The Balaban J connectivity index is 1.39. The SMILES string of the molecule is O=C1CC(c2ccc(CC(NS(=O)(=O)c3ccccc3)C(=O)NCCCCCOc3cccc(O)c3)cc2Cl)S(=O)(=O)N1. The van der Waals surface area contributed by atoms with Gasteiger partial charge in [-0.3, -0.25) is 14.3 Å². The fourth-order valence-electron chi connectivity index (χ4n) is 4.57. The number of benzene rings is 3. The molecule has 230 valence electrons. The standard InChI is InChI=1S/C29H32ClN3O8S2/c30-25-16-20(12-13-24(25)27-19-28(35)33-43(27,39)40)17-26(32-42(37,38)23-10-3-1-4-11-23)29(36)31-14-5-2-6-15-41-22-9-7-8-21(34)18-22/h1,3-4,7-13,16,18,26-27,32,34H,2,5-6,14-15,17,19H2,(H,31,36)(H,33,35). The van der Waals surface area contributed by atoms with E-state index in [1.54, 1.807) is 42.5 Å². The molecule has 0 aromatic heterocycles. The number of nitrogens with one attached hydrogen (secondary N) is 3. The summed E-state index contributed by atoms with van der Waals surface area (Å²) in [6, 6.07) is 17.5. The van der Waals surface area contributed by atoms with Gasteiger partial charge in [-0.25, -0.2) is 16.8 Å². The van der Waals surface area contributed by atoms with E-state index in [1.807, 2.05) is 4.72 Å². The number of carbonyl (C=O) groups is 2. The normalized spacial score (nSPS) is 16.8. The van der Waals surface area contributed by atoms with Crippen molar-refractivity contribution in [3.8, 4) is 11.5 Å². The van der Waals surface area contributed by atoms with Gasteiger partial charge in [0, 0.05) is 17.6 Å². The number of hydrogen-bond donors (Lipinski definition) is 4. The smallest absolute Gasteiger partial charge is 0.242 e. The Kier molecular flexibility index (Phi) is 10.7. The number of hydrogen-bond acceptors (Lipinski definition) is 8. The molecule has 1 fully saturated rings. The first kappa shape index (κ1) is 32.3. The van der Waals surface area contributed by atoms with Gasteiger partial charge in [0.2, 0.25) is 31.9 Å². The average molecular weight is 650 g/mol. The van der Waals surface area contributed by atoms with Crippen molar-refractivity contribution in [3.05, 3.63) is 88.9 Å². The number of ether oxygens (including phenoxy) is 1. The second-order valence-corrected chi connectivity index (χ2v) is 14.0. The summed E-state index contributed by atoms with van der Waals surface area (Å²) in [6.07, 6.45) is 1.74. The molecular weight excluding hydrogens is 618 g/mol. The van der Waals surface area contributed by atoms with Crippen LogP contribution in [0.4, 0.5) is 0 Å². The Morgan fingerprint density at radius 1 is 1.05 bits per heavy atom. The summed E-state index contributed by atoms with van der Waals surface area (Å²) in [6.45, 7) is 0.731. The van der Waals surface area contributed by atoms with Crippen LogP contribution < -0.4 is 19.5 Å². The Morgan fingerprint density at radius 3 is 2.49 bits per heavy atom. The molecule has 2 atom stereocenters. The third kappa shape index (κ3) is 8.92. The fraction of sp³-hybridized carbons (Fsp3) is 0.310. The van der Waals surface area contributed by atoms with E-state index in [2.05, 4.69) is 10.0 Å². The van der Waals surface area contributed by atoms with Crippen LogP contribution in [0, 0.1) is 0 Å². The number of aromatic hydroxyl groups is 1. The maximum absolute atomic E-state index is 13.2. The van der Waals surface area contributed by atoms with Gasteiger partial charge in [-0.1, -0.05) is 48.0 Å². The molecule has 2 amide bonds. The molecule has 3 aromatic carbocycles. The van der Waals surface area contributed by atoms with Gasteiger partial charge < -0.3 is 15.2 Å². The summed E-state index contributed by atoms with van der Waals surface area (Å²) in [4.78, 5) is 24.9. The summed E-state index contributed by atoms with van der Waals surface area (Å²) in [5.41, 5.74) is 0.728. The van der Waals surface area contributed by atoms with E-state index in [9.17, 15) is 31.5 Å². The van der Waals surface area contributed by atoms with Gasteiger partial charge in [-0.05, 0) is 67.1 Å². The highest BCUT2D eigenvalue weighted by Crippen LogP contribution is 2.35. The largest absolute Gasteiger partial charge is 0.508 e. The topological polar surface area (TPSA) is 168 Å². The van der Waals surface area contributed by atoms with Crippen LogP contribution in [0.5, 0.6) is 11.5 Å². The molecule has 3 aromatic rings. The summed E-state index contributed by atoms with van der Waals surface area (Å²) in [7, 11) is -7.96. The van der Waals surface area contributed by atoms with Crippen LogP contribution in [-0.4, -0.2) is 52.9 Å². The van der Waals surface area contributed by atoms with Crippen molar-refractivity contribution in [2.45, 2.75) is 48.3 Å². The van der Waals surface area contributed by atoms with Gasteiger partial charge >= 0.3 is 0 Å². The average Bonchev–Trinajstić information content (AvgIpc) is 3.23. The maximum atomic E-state index is 13.2. The molecule has 2 unspecified atom stereocenters. The monoisotopic (exact) mass is 649 g/mol. The van der Waals surface area contributed by atoms with E-state index in [0.29, 0.717) is 37.3 Å². The molecule has 1 aliphatic heterocycles. The van der Waals surface area contributed by atoms with Gasteiger partial charge in [-0.2, -0.15) is 4.72 Å². The number of rotatable bonds is 14. The lowest BCUT2D eigenvalue weighted by Crippen LogP contribution is -2.48. The van der Waals surface area contributed by atoms with Gasteiger partial charge in [0.05, 0.1) is 17.9 Å². The van der Waals surface area contributed by atoms with E-state index in [-0.39, 0.29) is 34.1 Å². The molecule has 0 aliphatic carbocycles. The van der Waals surface area contributed by atoms with Crippen molar-refractivity contribution in [1.82, 2.24) is 14.8 Å². The molecule has 4 N–H and O–H groups in total. The second-order valence-electron chi connectivity index (χ2n) is 10.0. The Morgan fingerprint density at radius 2 is 1.81 bits per heavy atom. The highest BCUT2D eigenvalue weighted by Gasteiger charge is 2.39. The first-order chi connectivity index (χ1) is 20.4. The number of carbonyl (C=O) groups excluding carboxylic acids is 2. The Labute approximate surface area is 255 Å². The van der Waals surface area contributed by atoms with Crippen molar-refractivity contribution in [3.63, 3.8) is 0 Å². The maximum Gasteiger partial charge on any atom is 0.242 e. The van der Waals surface area contributed by atoms with E-state index in [0.717, 1.165) is 6.42 Å². The van der Waals surface area contributed by atoms with Crippen LogP contribution in [0.3, 0.4) is 0 Å². The van der Waals surface area contributed by atoms with E-state index < -0.39 is 43.2 Å². The lowest BCUT2D eigenvalue weighted by atomic mass is 10.0. The number of unbranched alkanes of at least 4 members (excludes halogenated alkanes) is 2. The molecule has 0 saturated carbocycles. The van der Waals surface area contributed by atoms with Crippen LogP contribution >= 0.6 is 11.6 Å². The van der Waals surface area contributed by atoms with E-state index in [4.69, 9.17) is 16.3 Å². The third-order valence-electron chi connectivity index (χ3n) is 6.73. The quantitative estimate of drug-likeness (QED) is 0.193. The molecule has 11 nitrogen and oxygen atoms in total. The van der Waals surface area contributed by atoms with Gasteiger partial charge in [0.25, 0.3) is 0 Å². The molecule has 14 heteroatoms. The molecule has 1 saturated heterocycles. The van der Waals surface area contributed by atoms with E-state index in [1.165, 1.54) is 30.3 Å². The van der Waals surface area contributed by atoms with Crippen LogP contribution in [0.2, 0.25) is 5.02 Å². The van der Waals surface area contributed by atoms with Gasteiger partial charge in [0.15, 0.2) is 0 Å². The second kappa shape index (κ2) is 14.2. The summed E-state index contributed by atoms with van der Waals surface area (Å²) in [5.74, 6) is -0.485. The number of amides is 2. The highest BCUT2D eigenvalue weighted by atomic mass is 35.5. The van der Waals surface area contributed by atoms with E-state index >= 15 is 0 Å². The first-order valence-corrected chi connectivity index (χ1v) is 16.9. The minimum Gasteiger partial charge on any atom is -0.508 e. The molecule has 0 bridgehead atoms. The Bertz CT molecular complexity index is 1670. The van der Waals surface area contributed by atoms with Gasteiger partial charge in [-0.15, -0.1) is 0 Å². The fourth-order valence-corrected chi connectivity index (χ4v) is 7.64. The van der Waals surface area contributed by atoms with Crippen LogP contribution in [-0.2, 0) is 36.1 Å². The minimum atomic E-state index is -4.05. The van der Waals surface area contributed by atoms with Crippen molar-refractivity contribution in [2.24, 2.45) is 0 Å². The van der Waals surface area contributed by atoms with Crippen LogP contribution in [0.25, 0.3) is 0 Å². The van der Waals surface area contributed by atoms with Crippen LogP contribution in [0.1, 0.15) is 42.1 Å². The molecule has 0 spiro atoms. The van der Waals surface area contributed by atoms with Crippen molar-refractivity contribution >= 4 is 43.5 Å². The molecule has 1 heterocycles. The number of sulfonamides is 2. The minimum absolute atomic E-state index is 0.00322. The zero-order valence-electron chi connectivity index (χ0n) is 23.0. The number of phenolic OH excluding ortho intramolecular Hbond substituents is 1. The lowest BCUT2D eigenvalue weighted by molar-refractivity contribution is -0.122. The number of phenols is 1. The zero-order valence-corrected chi connectivity index (χ0v) is 25.4. The zero-order chi connectivity index (χ0) is 31.0. The molecule has 43 heavy (non-hydrogen) atoms. The summed E-state index contributed by atoms with van der Waals surface area (Å²) in [5, 5.41) is 11.2. The predicted octanol–water partition coefficient (Wildman–Crippen LogP) is 3.19. The van der Waals surface area contributed by atoms with Crippen LogP contribution in [0.15, 0.2) is 77.7 Å². The summed E-state index contributed by atoms with van der Waals surface area (Å²) >= 11 is 6.40. The molecule has 4 rings (SSSR count). The summed E-state index contributed by atoms with van der Waals surface area (Å²) < 4.78 is 60.7.